The molecule has 0 aliphatic carbocycles. The number of fused-ring (bicyclic) bond motifs is 1. The van der Waals surface area contributed by atoms with E-state index in [0.717, 1.165) is 40.2 Å². The second-order valence-electron chi connectivity index (χ2n) is 7.44. The minimum Gasteiger partial charge on any atom is -0.390 e. The van der Waals surface area contributed by atoms with E-state index < -0.39 is 0 Å². The van der Waals surface area contributed by atoms with Gasteiger partial charge in [-0.2, -0.15) is 5.10 Å². The molecule has 2 N–H and O–H groups in total. The first-order valence-corrected chi connectivity index (χ1v) is 9.93. The van der Waals surface area contributed by atoms with E-state index in [4.69, 9.17) is 14.7 Å². The van der Waals surface area contributed by atoms with Crippen LogP contribution < -0.4 is 4.90 Å². The highest BCUT2D eigenvalue weighted by molar-refractivity contribution is 5.91. The van der Waals surface area contributed by atoms with Crippen molar-refractivity contribution in [3.8, 4) is 22.6 Å². The van der Waals surface area contributed by atoms with Crippen LogP contribution >= 0.6 is 0 Å². The Morgan fingerprint density at radius 1 is 1.27 bits per heavy atom. The van der Waals surface area contributed by atoms with Gasteiger partial charge in [0.15, 0.2) is 5.82 Å². The highest BCUT2D eigenvalue weighted by Gasteiger charge is 2.23. The number of aryl methyl sites for hydroxylation is 1. The van der Waals surface area contributed by atoms with Crippen LogP contribution in [0.3, 0.4) is 0 Å². The average Bonchev–Trinajstić information content (AvgIpc) is 3.39. The Morgan fingerprint density at radius 2 is 2.17 bits per heavy atom. The lowest BCUT2D eigenvalue weighted by molar-refractivity contribution is 0.0985. The zero-order valence-corrected chi connectivity index (χ0v) is 16.9. The van der Waals surface area contributed by atoms with E-state index in [0.29, 0.717) is 24.7 Å². The number of aromatic nitrogens is 6. The molecule has 1 saturated heterocycles. The van der Waals surface area contributed by atoms with Gasteiger partial charge < -0.3 is 19.7 Å². The van der Waals surface area contributed by atoms with Crippen molar-refractivity contribution in [3.05, 3.63) is 42.5 Å². The largest absolute Gasteiger partial charge is 0.390 e. The maximum absolute atomic E-state index is 9.87. The number of anilines is 1. The standard InChI is InChI=1S/C21H23N7O2/c1-13-12-30-8-7-28(13)19-9-17(16-10-24-27(2)18(16)11-29)25-21(26-19)15-4-6-23-20-14(15)3-5-22-20/h3-6,9-10,13,29H,7-8,11-12H2,1-2H3,(H,22,23). The number of aliphatic hydroxyl groups is 1. The highest BCUT2D eigenvalue weighted by Crippen LogP contribution is 2.31. The lowest BCUT2D eigenvalue weighted by atomic mass is 10.1. The molecule has 0 spiro atoms. The van der Waals surface area contributed by atoms with Crippen LogP contribution in [0.1, 0.15) is 12.6 Å². The minimum absolute atomic E-state index is 0.119. The van der Waals surface area contributed by atoms with Crippen LogP contribution in [0.2, 0.25) is 0 Å². The third-order valence-corrected chi connectivity index (χ3v) is 5.56. The summed E-state index contributed by atoms with van der Waals surface area (Å²) < 4.78 is 7.28. The topological polar surface area (TPSA) is 105 Å². The zero-order valence-electron chi connectivity index (χ0n) is 16.9. The summed E-state index contributed by atoms with van der Waals surface area (Å²) in [5.41, 5.74) is 3.93. The van der Waals surface area contributed by atoms with E-state index in [1.54, 1.807) is 17.1 Å². The SMILES string of the molecule is CC1COCCN1c1cc(-c2cnn(C)c2CO)nc(-c2ccnc3[nH]ccc23)n1. The number of hydrogen-bond acceptors (Lipinski definition) is 7. The van der Waals surface area contributed by atoms with Gasteiger partial charge in [-0.15, -0.1) is 0 Å². The van der Waals surface area contributed by atoms with Crippen molar-refractivity contribution < 1.29 is 9.84 Å². The first-order valence-electron chi connectivity index (χ1n) is 9.93. The van der Waals surface area contributed by atoms with Gasteiger partial charge in [0.2, 0.25) is 0 Å². The van der Waals surface area contributed by atoms with Crippen molar-refractivity contribution in [2.24, 2.45) is 7.05 Å². The number of rotatable bonds is 4. The lowest BCUT2D eigenvalue weighted by Crippen LogP contribution is -2.44. The van der Waals surface area contributed by atoms with Crippen molar-refractivity contribution in [2.45, 2.75) is 19.6 Å². The number of H-pyrrole nitrogens is 1. The molecule has 154 valence electrons. The van der Waals surface area contributed by atoms with E-state index in [-0.39, 0.29) is 12.6 Å². The predicted molar refractivity (Wildman–Crippen MR) is 113 cm³/mol. The summed E-state index contributed by atoms with van der Waals surface area (Å²) in [6.45, 7) is 4.07. The van der Waals surface area contributed by atoms with Gasteiger partial charge in [-0.3, -0.25) is 4.68 Å². The molecule has 0 radical (unpaired) electrons. The number of pyridine rings is 1. The van der Waals surface area contributed by atoms with Gasteiger partial charge in [0.1, 0.15) is 11.5 Å². The Hall–Kier alpha value is -3.30. The number of aromatic amines is 1. The molecule has 9 heteroatoms. The molecule has 1 aliphatic heterocycles. The summed E-state index contributed by atoms with van der Waals surface area (Å²) in [6.07, 6.45) is 5.36. The summed E-state index contributed by atoms with van der Waals surface area (Å²) >= 11 is 0. The number of nitrogens with one attached hydrogen (secondary N) is 1. The van der Waals surface area contributed by atoms with Crippen molar-refractivity contribution in [2.75, 3.05) is 24.7 Å². The van der Waals surface area contributed by atoms with Gasteiger partial charge in [-0.05, 0) is 19.1 Å². The second kappa shape index (κ2) is 7.51. The molecule has 4 aromatic rings. The van der Waals surface area contributed by atoms with Crippen LogP contribution in [0, 0.1) is 0 Å². The maximum Gasteiger partial charge on any atom is 0.162 e. The second-order valence-corrected chi connectivity index (χ2v) is 7.44. The molecular formula is C21H23N7O2. The molecule has 5 rings (SSSR count). The Kier molecular flexibility index (Phi) is 4.68. The number of morpholine rings is 1. The van der Waals surface area contributed by atoms with E-state index in [1.165, 1.54) is 0 Å². The van der Waals surface area contributed by atoms with Gasteiger partial charge >= 0.3 is 0 Å². The van der Waals surface area contributed by atoms with E-state index in [1.807, 2.05) is 31.4 Å². The molecule has 1 unspecified atom stereocenters. The molecule has 30 heavy (non-hydrogen) atoms. The molecule has 0 saturated carbocycles. The Bertz CT molecular complexity index is 1200. The van der Waals surface area contributed by atoms with Crippen LogP contribution in [-0.4, -0.2) is 60.6 Å². The third kappa shape index (κ3) is 3.12. The van der Waals surface area contributed by atoms with Crippen LogP contribution in [0.15, 0.2) is 36.8 Å². The molecule has 0 aromatic carbocycles. The molecule has 0 amide bonds. The molecule has 4 aromatic heterocycles. The summed E-state index contributed by atoms with van der Waals surface area (Å²) in [6, 6.07) is 6.08. The average molecular weight is 405 g/mol. The molecule has 1 aliphatic rings. The van der Waals surface area contributed by atoms with Crippen molar-refractivity contribution >= 4 is 16.9 Å². The maximum atomic E-state index is 9.87. The summed E-state index contributed by atoms with van der Waals surface area (Å²) in [5.74, 6) is 1.44. The molecule has 5 heterocycles. The normalized spacial score (nSPS) is 17.0. The van der Waals surface area contributed by atoms with E-state index >= 15 is 0 Å². The minimum atomic E-state index is -0.119. The van der Waals surface area contributed by atoms with Crippen LogP contribution in [0.5, 0.6) is 0 Å². The summed E-state index contributed by atoms with van der Waals surface area (Å²) in [7, 11) is 1.81. The Morgan fingerprint density at radius 3 is 3.00 bits per heavy atom. The van der Waals surface area contributed by atoms with E-state index in [2.05, 4.69) is 26.9 Å². The fraction of sp³-hybridized carbons (Fsp3) is 0.333. The first kappa shape index (κ1) is 18.7. The highest BCUT2D eigenvalue weighted by atomic mass is 16.5. The number of nitrogens with zero attached hydrogens (tertiary/aromatic N) is 6. The third-order valence-electron chi connectivity index (χ3n) is 5.56. The number of hydrogen-bond donors (Lipinski definition) is 2. The Labute approximate surface area is 173 Å². The van der Waals surface area contributed by atoms with Gasteiger partial charge in [0.25, 0.3) is 0 Å². The molecule has 1 fully saturated rings. The zero-order chi connectivity index (χ0) is 20.7. The summed E-state index contributed by atoms with van der Waals surface area (Å²) in [5, 5.41) is 15.1. The number of ether oxygens (including phenoxy) is 1. The lowest BCUT2D eigenvalue weighted by Gasteiger charge is -2.34. The predicted octanol–water partition coefficient (Wildman–Crippen LogP) is 2.14. The molecule has 9 nitrogen and oxygen atoms in total. The van der Waals surface area contributed by atoms with Crippen molar-refractivity contribution in [1.29, 1.82) is 0 Å². The fourth-order valence-electron chi connectivity index (χ4n) is 3.93. The number of aliphatic hydroxyl groups excluding tert-OH is 1. The quantitative estimate of drug-likeness (QED) is 0.536. The summed E-state index contributed by atoms with van der Waals surface area (Å²) in [4.78, 5) is 19.6. The van der Waals surface area contributed by atoms with Crippen molar-refractivity contribution in [3.63, 3.8) is 0 Å². The van der Waals surface area contributed by atoms with E-state index in [9.17, 15) is 5.11 Å². The van der Waals surface area contributed by atoms with Gasteiger partial charge in [-0.25, -0.2) is 15.0 Å². The Balaban J connectivity index is 1.72. The smallest absolute Gasteiger partial charge is 0.162 e. The fourth-order valence-corrected chi connectivity index (χ4v) is 3.93. The first-order chi connectivity index (χ1) is 14.7. The van der Waals surface area contributed by atoms with Crippen LogP contribution in [0.25, 0.3) is 33.7 Å². The molecule has 1 atom stereocenters. The van der Waals surface area contributed by atoms with Crippen LogP contribution in [0.4, 0.5) is 5.82 Å². The van der Waals surface area contributed by atoms with Gasteiger partial charge in [0, 0.05) is 48.6 Å². The van der Waals surface area contributed by atoms with Crippen molar-refractivity contribution in [1.82, 2.24) is 29.7 Å². The van der Waals surface area contributed by atoms with Gasteiger partial charge in [-0.1, -0.05) is 0 Å². The van der Waals surface area contributed by atoms with Crippen LogP contribution in [-0.2, 0) is 18.4 Å². The van der Waals surface area contributed by atoms with Gasteiger partial charge in [0.05, 0.1) is 43.4 Å². The molecular weight excluding hydrogens is 382 g/mol. The molecule has 0 bridgehead atoms. The monoisotopic (exact) mass is 405 g/mol.